The lowest BCUT2D eigenvalue weighted by Crippen LogP contribution is -2.30. The maximum Gasteiger partial charge on any atom is 0.306 e. The van der Waals surface area contributed by atoms with E-state index in [0.29, 0.717) is 19.3 Å². The second kappa shape index (κ2) is 51.2. The molecule has 6 nitrogen and oxygen atoms in total. The van der Waals surface area contributed by atoms with Gasteiger partial charge in [-0.05, 0) is 109 Å². The first-order valence-electron chi connectivity index (χ1n) is 26.1. The van der Waals surface area contributed by atoms with Crippen LogP contribution in [0.25, 0.3) is 0 Å². The summed E-state index contributed by atoms with van der Waals surface area (Å²) in [5.74, 6) is -0.947. The van der Waals surface area contributed by atoms with Gasteiger partial charge in [-0.1, -0.05) is 196 Å². The lowest BCUT2D eigenvalue weighted by Gasteiger charge is -2.18. The number of esters is 3. The van der Waals surface area contributed by atoms with Gasteiger partial charge in [0.2, 0.25) is 0 Å². The molecule has 0 rings (SSSR count). The Labute approximate surface area is 388 Å². The second-order valence-corrected chi connectivity index (χ2v) is 17.0. The van der Waals surface area contributed by atoms with E-state index in [2.05, 4.69) is 106 Å². The van der Waals surface area contributed by atoms with Crippen molar-refractivity contribution in [1.29, 1.82) is 0 Å². The van der Waals surface area contributed by atoms with Crippen LogP contribution >= 0.6 is 0 Å². The SMILES string of the molecule is CC/C=C\C/C=C\C/C=C\C/C=C\C/C=C\CCCCCC(=O)OC[C@H](COC(=O)CCCCCCC/C=C\CCCC)OC(=O)CCCCCCC/C=C\CCCCCCCC. The average Bonchev–Trinajstić information content (AvgIpc) is 3.28. The highest BCUT2D eigenvalue weighted by molar-refractivity contribution is 5.71. The van der Waals surface area contributed by atoms with E-state index in [0.717, 1.165) is 122 Å². The molecule has 0 aromatic heterocycles. The number of hydrogen-bond acceptors (Lipinski definition) is 6. The predicted octanol–water partition coefficient (Wildman–Crippen LogP) is 17.2. The third kappa shape index (κ3) is 49.5. The lowest BCUT2D eigenvalue weighted by atomic mass is 10.1. The van der Waals surface area contributed by atoms with Gasteiger partial charge in [0.25, 0.3) is 0 Å². The maximum absolute atomic E-state index is 12.8. The Balaban J connectivity index is 4.45. The zero-order valence-corrected chi connectivity index (χ0v) is 41.1. The molecule has 63 heavy (non-hydrogen) atoms. The van der Waals surface area contributed by atoms with Crippen molar-refractivity contribution >= 4 is 17.9 Å². The van der Waals surface area contributed by atoms with Gasteiger partial charge in [-0.15, -0.1) is 0 Å². The topological polar surface area (TPSA) is 78.9 Å². The third-order valence-electron chi connectivity index (χ3n) is 10.9. The molecule has 0 saturated carbocycles. The molecule has 0 radical (unpaired) electrons. The van der Waals surface area contributed by atoms with E-state index in [1.807, 2.05) is 0 Å². The van der Waals surface area contributed by atoms with Gasteiger partial charge in [0, 0.05) is 19.3 Å². The summed E-state index contributed by atoms with van der Waals surface area (Å²) in [6.45, 7) is 6.43. The number of unbranched alkanes of at least 4 members (excludes halogenated alkanes) is 21. The summed E-state index contributed by atoms with van der Waals surface area (Å²) >= 11 is 0. The largest absolute Gasteiger partial charge is 0.462 e. The molecule has 360 valence electrons. The van der Waals surface area contributed by atoms with Gasteiger partial charge in [0.1, 0.15) is 13.2 Å². The van der Waals surface area contributed by atoms with Crippen LogP contribution in [-0.2, 0) is 28.6 Å². The number of ether oxygens (including phenoxy) is 3. The highest BCUT2D eigenvalue weighted by Gasteiger charge is 2.19. The quantitative estimate of drug-likeness (QED) is 0.0262. The molecular formula is C57H96O6. The van der Waals surface area contributed by atoms with Gasteiger partial charge in [0.15, 0.2) is 6.10 Å². The molecule has 0 aliphatic carbocycles. The molecule has 1 atom stereocenters. The van der Waals surface area contributed by atoms with Crippen molar-refractivity contribution in [1.82, 2.24) is 0 Å². The summed E-state index contributed by atoms with van der Waals surface area (Å²) in [5.41, 5.74) is 0. The first kappa shape index (κ1) is 59.6. The van der Waals surface area contributed by atoms with Gasteiger partial charge >= 0.3 is 17.9 Å². The van der Waals surface area contributed by atoms with Crippen LogP contribution in [0.3, 0.4) is 0 Å². The molecule has 0 aliphatic rings. The monoisotopic (exact) mass is 877 g/mol. The molecule has 0 aliphatic heterocycles. The minimum Gasteiger partial charge on any atom is -0.462 e. The molecule has 0 saturated heterocycles. The minimum atomic E-state index is -0.797. The van der Waals surface area contributed by atoms with E-state index in [4.69, 9.17) is 14.2 Å². The second-order valence-electron chi connectivity index (χ2n) is 17.0. The summed E-state index contributed by atoms with van der Waals surface area (Å²) < 4.78 is 16.8. The zero-order chi connectivity index (χ0) is 45.8. The number of allylic oxidation sites excluding steroid dienone is 14. The number of carbonyl (C=O) groups excluding carboxylic acids is 3. The fraction of sp³-hybridized carbons (Fsp3) is 0.702. The van der Waals surface area contributed by atoms with Gasteiger partial charge in [-0.3, -0.25) is 14.4 Å². The zero-order valence-electron chi connectivity index (χ0n) is 41.1. The Morgan fingerprint density at radius 3 is 1.05 bits per heavy atom. The normalized spacial score (nSPS) is 12.7. The fourth-order valence-electron chi connectivity index (χ4n) is 6.91. The van der Waals surface area contributed by atoms with Gasteiger partial charge in [-0.25, -0.2) is 0 Å². The number of rotatable bonds is 46. The first-order chi connectivity index (χ1) is 31.0. The standard InChI is InChI=1S/C57H96O6/c1-4-7-10-13-16-19-22-24-26-27-28-29-31-32-35-38-41-44-47-50-56(59)62-53-54(52-61-55(58)49-46-43-40-37-34-21-18-15-12-9-6-3)63-57(60)51-48-45-42-39-36-33-30-25-23-20-17-14-11-8-5-2/h7,10,15-16,18-19,24-26,28-30,32,35,54H,4-6,8-9,11-14,17,20-23,27,31,33-34,36-53H2,1-3H3/b10-7-,18-15-,19-16-,26-24-,29-28-,30-25-,35-32-/t54-/m0/s1. The fourth-order valence-corrected chi connectivity index (χ4v) is 6.91. The summed E-state index contributed by atoms with van der Waals surface area (Å²) in [4.78, 5) is 38.0. The van der Waals surface area contributed by atoms with E-state index in [1.165, 1.54) is 77.0 Å². The molecule has 0 heterocycles. The molecule has 0 aromatic rings. The smallest absolute Gasteiger partial charge is 0.306 e. The first-order valence-corrected chi connectivity index (χ1v) is 26.1. The van der Waals surface area contributed by atoms with E-state index < -0.39 is 6.10 Å². The van der Waals surface area contributed by atoms with Crippen LogP contribution in [0.15, 0.2) is 85.1 Å². The van der Waals surface area contributed by atoms with Crippen LogP contribution in [0.4, 0.5) is 0 Å². The van der Waals surface area contributed by atoms with Crippen LogP contribution in [0, 0.1) is 0 Å². The van der Waals surface area contributed by atoms with Crippen molar-refractivity contribution in [3.05, 3.63) is 85.1 Å². The van der Waals surface area contributed by atoms with Crippen molar-refractivity contribution < 1.29 is 28.6 Å². The highest BCUT2D eigenvalue weighted by atomic mass is 16.6. The molecule has 0 fully saturated rings. The summed E-state index contributed by atoms with van der Waals surface area (Å²) in [5, 5.41) is 0. The summed E-state index contributed by atoms with van der Waals surface area (Å²) in [6.07, 6.45) is 65.6. The van der Waals surface area contributed by atoms with Gasteiger partial charge < -0.3 is 14.2 Å². The van der Waals surface area contributed by atoms with Crippen LogP contribution in [0.1, 0.15) is 239 Å². The minimum absolute atomic E-state index is 0.0954. The van der Waals surface area contributed by atoms with Crippen LogP contribution in [0.2, 0.25) is 0 Å². The Bertz CT molecular complexity index is 1240. The highest BCUT2D eigenvalue weighted by Crippen LogP contribution is 2.13. The molecular weight excluding hydrogens is 781 g/mol. The van der Waals surface area contributed by atoms with Gasteiger partial charge in [0.05, 0.1) is 0 Å². The Morgan fingerprint density at radius 2 is 0.635 bits per heavy atom. The van der Waals surface area contributed by atoms with Gasteiger partial charge in [-0.2, -0.15) is 0 Å². The molecule has 0 unspecified atom stereocenters. The molecule has 0 N–H and O–H groups in total. The lowest BCUT2D eigenvalue weighted by molar-refractivity contribution is -0.167. The molecule has 0 amide bonds. The van der Waals surface area contributed by atoms with E-state index in [9.17, 15) is 14.4 Å². The van der Waals surface area contributed by atoms with Crippen LogP contribution in [0.5, 0.6) is 0 Å². The van der Waals surface area contributed by atoms with E-state index in [1.54, 1.807) is 0 Å². The van der Waals surface area contributed by atoms with Crippen molar-refractivity contribution in [3.8, 4) is 0 Å². The third-order valence-corrected chi connectivity index (χ3v) is 10.9. The Morgan fingerprint density at radius 1 is 0.333 bits per heavy atom. The molecule has 0 bridgehead atoms. The van der Waals surface area contributed by atoms with E-state index in [-0.39, 0.29) is 31.1 Å². The van der Waals surface area contributed by atoms with Crippen molar-refractivity contribution in [2.45, 2.75) is 245 Å². The number of carbonyl (C=O) groups is 3. The van der Waals surface area contributed by atoms with Crippen molar-refractivity contribution in [2.75, 3.05) is 13.2 Å². The molecule has 0 aromatic carbocycles. The predicted molar refractivity (Wildman–Crippen MR) is 270 cm³/mol. The summed E-state index contributed by atoms with van der Waals surface area (Å²) in [6, 6.07) is 0. The van der Waals surface area contributed by atoms with Crippen LogP contribution < -0.4 is 0 Å². The van der Waals surface area contributed by atoms with E-state index >= 15 is 0 Å². The summed E-state index contributed by atoms with van der Waals surface area (Å²) in [7, 11) is 0. The Hall–Kier alpha value is -3.41. The molecule has 6 heteroatoms. The Kier molecular flexibility index (Phi) is 48.5. The van der Waals surface area contributed by atoms with Crippen LogP contribution in [-0.4, -0.2) is 37.2 Å². The number of hydrogen-bond donors (Lipinski definition) is 0. The average molecular weight is 877 g/mol. The maximum atomic E-state index is 12.8. The molecule has 0 spiro atoms. The van der Waals surface area contributed by atoms with Crippen molar-refractivity contribution in [3.63, 3.8) is 0 Å². The van der Waals surface area contributed by atoms with Crippen molar-refractivity contribution in [2.24, 2.45) is 0 Å².